The summed E-state index contributed by atoms with van der Waals surface area (Å²) in [4.78, 5) is 19.4. The minimum Gasteiger partial charge on any atom is -0.439 e. The van der Waals surface area contributed by atoms with Crippen LogP contribution in [0.2, 0.25) is 0 Å². The summed E-state index contributed by atoms with van der Waals surface area (Å²) in [6, 6.07) is 14.3. The summed E-state index contributed by atoms with van der Waals surface area (Å²) in [5.74, 6) is 1.79. The van der Waals surface area contributed by atoms with Gasteiger partial charge in [0.25, 0.3) is 5.69 Å². The van der Waals surface area contributed by atoms with Crippen molar-refractivity contribution in [2.24, 2.45) is 0 Å². The standard InChI is InChI=1S/C20H19N3O3S/c1-13-6-4-9-18(15(13)3)26-19-10-14(2)21-20(22-19)27-12-16-7-5-8-17(11-16)23(24)25/h4-11H,12H2,1-3H3. The molecule has 3 rings (SSSR count). The average molecular weight is 381 g/mol. The fourth-order valence-electron chi connectivity index (χ4n) is 2.49. The molecule has 0 unspecified atom stereocenters. The average Bonchev–Trinajstić information content (AvgIpc) is 2.64. The number of non-ortho nitro benzene ring substituents is 1. The van der Waals surface area contributed by atoms with E-state index in [1.807, 2.05) is 45.0 Å². The normalized spacial score (nSPS) is 10.6. The molecule has 0 bridgehead atoms. The summed E-state index contributed by atoms with van der Waals surface area (Å²) in [5, 5.41) is 11.5. The van der Waals surface area contributed by atoms with Crippen LogP contribution in [0.15, 0.2) is 53.7 Å². The molecule has 0 N–H and O–H groups in total. The van der Waals surface area contributed by atoms with Crippen LogP contribution in [0, 0.1) is 30.9 Å². The van der Waals surface area contributed by atoms with Crippen molar-refractivity contribution in [3.8, 4) is 11.6 Å². The van der Waals surface area contributed by atoms with Gasteiger partial charge < -0.3 is 4.74 Å². The lowest BCUT2D eigenvalue weighted by Crippen LogP contribution is -1.97. The number of thioether (sulfide) groups is 1. The van der Waals surface area contributed by atoms with Gasteiger partial charge in [0.1, 0.15) is 5.75 Å². The Hall–Kier alpha value is -2.93. The highest BCUT2D eigenvalue weighted by Gasteiger charge is 2.10. The van der Waals surface area contributed by atoms with Crippen molar-refractivity contribution < 1.29 is 9.66 Å². The van der Waals surface area contributed by atoms with E-state index in [1.165, 1.54) is 17.8 Å². The van der Waals surface area contributed by atoms with Gasteiger partial charge in [-0.15, -0.1) is 0 Å². The molecule has 2 aromatic carbocycles. The first-order valence-electron chi connectivity index (χ1n) is 8.38. The van der Waals surface area contributed by atoms with E-state index in [9.17, 15) is 10.1 Å². The van der Waals surface area contributed by atoms with Crippen LogP contribution in [-0.2, 0) is 5.75 Å². The van der Waals surface area contributed by atoms with E-state index in [2.05, 4.69) is 9.97 Å². The van der Waals surface area contributed by atoms with Crippen molar-refractivity contribution in [2.75, 3.05) is 0 Å². The van der Waals surface area contributed by atoms with Crippen LogP contribution in [0.3, 0.4) is 0 Å². The van der Waals surface area contributed by atoms with E-state index < -0.39 is 4.92 Å². The maximum Gasteiger partial charge on any atom is 0.269 e. The molecule has 7 heteroatoms. The Morgan fingerprint density at radius 3 is 2.63 bits per heavy atom. The van der Waals surface area contributed by atoms with E-state index in [-0.39, 0.29) is 5.69 Å². The second-order valence-corrected chi connectivity index (χ2v) is 7.09. The van der Waals surface area contributed by atoms with Gasteiger partial charge in [-0.25, -0.2) is 4.98 Å². The number of nitrogens with zero attached hydrogens (tertiary/aromatic N) is 3. The highest BCUT2D eigenvalue weighted by molar-refractivity contribution is 7.98. The topological polar surface area (TPSA) is 78.2 Å². The van der Waals surface area contributed by atoms with E-state index in [0.29, 0.717) is 16.8 Å². The SMILES string of the molecule is Cc1cc(Oc2cccc(C)c2C)nc(SCc2cccc([N+](=O)[O-])c2)n1. The molecule has 0 radical (unpaired) electrons. The lowest BCUT2D eigenvalue weighted by Gasteiger charge is -2.11. The Balaban J connectivity index is 1.76. The molecular weight excluding hydrogens is 362 g/mol. The quantitative estimate of drug-likeness (QED) is 0.246. The fraction of sp³-hybridized carbons (Fsp3) is 0.200. The Morgan fingerprint density at radius 1 is 1.07 bits per heavy atom. The molecule has 3 aromatic rings. The predicted molar refractivity (Wildman–Crippen MR) is 105 cm³/mol. The molecule has 0 aliphatic carbocycles. The van der Waals surface area contributed by atoms with Gasteiger partial charge in [0.15, 0.2) is 5.16 Å². The number of nitro groups is 1. The Labute approximate surface area is 161 Å². The summed E-state index contributed by atoms with van der Waals surface area (Å²) in [6.07, 6.45) is 0. The van der Waals surface area contributed by atoms with Crippen LogP contribution in [0.5, 0.6) is 11.6 Å². The van der Waals surface area contributed by atoms with Gasteiger partial charge >= 0.3 is 0 Å². The molecule has 0 fully saturated rings. The Kier molecular flexibility index (Phi) is 5.71. The molecule has 0 saturated heterocycles. The molecule has 138 valence electrons. The number of benzene rings is 2. The third-order valence-electron chi connectivity index (χ3n) is 4.07. The number of hydrogen-bond acceptors (Lipinski definition) is 6. The van der Waals surface area contributed by atoms with Crippen molar-refractivity contribution in [3.63, 3.8) is 0 Å². The first-order valence-corrected chi connectivity index (χ1v) is 9.37. The van der Waals surface area contributed by atoms with E-state index >= 15 is 0 Å². The second kappa shape index (κ2) is 8.18. The highest BCUT2D eigenvalue weighted by Crippen LogP contribution is 2.28. The maximum atomic E-state index is 10.9. The molecule has 6 nitrogen and oxygen atoms in total. The zero-order chi connectivity index (χ0) is 19.4. The first-order chi connectivity index (χ1) is 12.9. The molecular formula is C20H19N3O3S. The second-order valence-electron chi connectivity index (χ2n) is 6.15. The molecule has 0 aliphatic rings. The molecule has 27 heavy (non-hydrogen) atoms. The summed E-state index contributed by atoms with van der Waals surface area (Å²) in [6.45, 7) is 5.93. The van der Waals surface area contributed by atoms with Crippen molar-refractivity contribution in [1.29, 1.82) is 0 Å². The molecule has 0 amide bonds. The molecule has 0 aliphatic heterocycles. The molecule has 1 aromatic heterocycles. The van der Waals surface area contributed by atoms with Gasteiger partial charge in [-0.3, -0.25) is 10.1 Å². The summed E-state index contributed by atoms with van der Waals surface area (Å²) in [5.41, 5.74) is 3.94. The summed E-state index contributed by atoms with van der Waals surface area (Å²) < 4.78 is 5.96. The monoisotopic (exact) mass is 381 g/mol. The largest absolute Gasteiger partial charge is 0.439 e. The number of aromatic nitrogens is 2. The van der Waals surface area contributed by atoms with Crippen LogP contribution < -0.4 is 4.74 Å². The fourth-order valence-corrected chi connectivity index (χ4v) is 3.32. The van der Waals surface area contributed by atoms with Crippen molar-refractivity contribution >= 4 is 17.4 Å². The van der Waals surface area contributed by atoms with Gasteiger partial charge in [0, 0.05) is 29.6 Å². The lowest BCUT2D eigenvalue weighted by atomic mass is 10.1. The van der Waals surface area contributed by atoms with Gasteiger partial charge in [0.2, 0.25) is 5.88 Å². The van der Waals surface area contributed by atoms with E-state index in [0.717, 1.165) is 28.1 Å². The third-order valence-corrected chi connectivity index (χ3v) is 4.99. The van der Waals surface area contributed by atoms with Crippen LogP contribution >= 0.6 is 11.8 Å². The van der Waals surface area contributed by atoms with Crippen LogP contribution in [0.25, 0.3) is 0 Å². The smallest absolute Gasteiger partial charge is 0.269 e. The number of ether oxygens (including phenoxy) is 1. The maximum absolute atomic E-state index is 10.9. The van der Waals surface area contributed by atoms with Gasteiger partial charge in [-0.2, -0.15) is 4.98 Å². The molecule has 0 atom stereocenters. The van der Waals surface area contributed by atoms with Crippen LogP contribution in [0.1, 0.15) is 22.4 Å². The number of nitro benzene ring substituents is 1. The minimum absolute atomic E-state index is 0.0807. The van der Waals surface area contributed by atoms with Crippen molar-refractivity contribution in [3.05, 3.63) is 81.0 Å². The number of rotatable bonds is 6. The lowest BCUT2D eigenvalue weighted by molar-refractivity contribution is -0.384. The third kappa shape index (κ3) is 4.83. The van der Waals surface area contributed by atoms with E-state index in [4.69, 9.17) is 4.74 Å². The Morgan fingerprint density at radius 2 is 1.85 bits per heavy atom. The van der Waals surface area contributed by atoms with Crippen LogP contribution in [0.4, 0.5) is 5.69 Å². The minimum atomic E-state index is -0.395. The molecule has 1 heterocycles. The Bertz CT molecular complexity index is 992. The van der Waals surface area contributed by atoms with Gasteiger partial charge in [0.05, 0.1) is 4.92 Å². The van der Waals surface area contributed by atoms with E-state index in [1.54, 1.807) is 18.2 Å². The number of aryl methyl sites for hydroxylation is 2. The van der Waals surface area contributed by atoms with Crippen LogP contribution in [-0.4, -0.2) is 14.9 Å². The van der Waals surface area contributed by atoms with Gasteiger partial charge in [-0.1, -0.05) is 36.0 Å². The molecule has 0 saturated carbocycles. The van der Waals surface area contributed by atoms with Gasteiger partial charge in [-0.05, 0) is 43.5 Å². The molecule has 0 spiro atoms. The first kappa shape index (κ1) is 18.8. The number of hydrogen-bond donors (Lipinski definition) is 0. The van der Waals surface area contributed by atoms with Crippen molar-refractivity contribution in [1.82, 2.24) is 9.97 Å². The van der Waals surface area contributed by atoms with Crippen molar-refractivity contribution in [2.45, 2.75) is 31.7 Å². The summed E-state index contributed by atoms with van der Waals surface area (Å²) in [7, 11) is 0. The zero-order valence-electron chi connectivity index (χ0n) is 15.3. The highest BCUT2D eigenvalue weighted by atomic mass is 32.2. The zero-order valence-corrected chi connectivity index (χ0v) is 16.1. The summed E-state index contributed by atoms with van der Waals surface area (Å²) >= 11 is 1.42. The predicted octanol–water partition coefficient (Wildman–Crippen LogP) is 5.39.